The molecule has 10 heteroatoms. The number of rotatable bonds is 8. The van der Waals surface area contributed by atoms with E-state index in [2.05, 4.69) is 20.9 Å². The number of carbonyl (C=O) groups is 3. The first-order chi connectivity index (χ1) is 18.9. The van der Waals surface area contributed by atoms with Crippen molar-refractivity contribution in [1.82, 2.24) is 10.2 Å². The fraction of sp³-hybridized carbons (Fsp3) is 0.241. The molecule has 2 heterocycles. The average molecular weight is 528 g/mol. The maximum atomic E-state index is 13.4. The van der Waals surface area contributed by atoms with Crippen molar-refractivity contribution in [3.8, 4) is 5.75 Å². The number of amides is 2. The van der Waals surface area contributed by atoms with Crippen LogP contribution in [0.5, 0.6) is 5.75 Å². The molecule has 0 fully saturated rings. The minimum absolute atomic E-state index is 0.234. The first kappa shape index (κ1) is 25.8. The third kappa shape index (κ3) is 5.85. The summed E-state index contributed by atoms with van der Waals surface area (Å²) in [6.07, 6.45) is 0.748. The van der Waals surface area contributed by atoms with E-state index in [1.54, 1.807) is 72.7 Å². The lowest BCUT2D eigenvalue weighted by Crippen LogP contribution is -2.35. The van der Waals surface area contributed by atoms with Gasteiger partial charge in [-0.25, -0.2) is 0 Å². The van der Waals surface area contributed by atoms with E-state index in [1.165, 1.54) is 0 Å². The summed E-state index contributed by atoms with van der Waals surface area (Å²) < 4.78 is 5.20. The lowest BCUT2D eigenvalue weighted by molar-refractivity contribution is -0.138. The van der Waals surface area contributed by atoms with Gasteiger partial charge in [0.2, 0.25) is 0 Å². The summed E-state index contributed by atoms with van der Waals surface area (Å²) in [5.74, 6) is -0.284. The van der Waals surface area contributed by atoms with Gasteiger partial charge in [0.25, 0.3) is 11.8 Å². The zero-order valence-corrected chi connectivity index (χ0v) is 21.4. The molecule has 5 rings (SSSR count). The average Bonchev–Trinajstić information content (AvgIpc) is 3.27. The molecule has 4 N–H and O–H groups in total. The van der Waals surface area contributed by atoms with Crippen molar-refractivity contribution in [2.24, 2.45) is 4.99 Å². The van der Waals surface area contributed by atoms with Crippen LogP contribution in [-0.2, 0) is 11.3 Å². The van der Waals surface area contributed by atoms with Gasteiger partial charge in [0.05, 0.1) is 19.6 Å². The van der Waals surface area contributed by atoms with Crippen molar-refractivity contribution in [1.29, 1.82) is 0 Å². The van der Waals surface area contributed by atoms with Crippen LogP contribution in [-0.4, -0.2) is 53.9 Å². The van der Waals surface area contributed by atoms with Gasteiger partial charge in [0.1, 0.15) is 5.75 Å². The van der Waals surface area contributed by atoms with Crippen LogP contribution in [0.3, 0.4) is 0 Å². The number of aliphatic carboxylic acids is 1. The maximum Gasteiger partial charge on any atom is 0.305 e. The lowest BCUT2D eigenvalue weighted by Gasteiger charge is -2.27. The molecule has 200 valence electrons. The summed E-state index contributed by atoms with van der Waals surface area (Å²) in [4.78, 5) is 44.1. The highest BCUT2D eigenvalue weighted by molar-refractivity contribution is 6.07. The van der Waals surface area contributed by atoms with Crippen LogP contribution in [0.1, 0.15) is 50.7 Å². The van der Waals surface area contributed by atoms with E-state index in [9.17, 15) is 19.5 Å². The van der Waals surface area contributed by atoms with E-state index >= 15 is 0 Å². The van der Waals surface area contributed by atoms with Crippen LogP contribution < -0.4 is 20.7 Å². The number of benzene rings is 3. The van der Waals surface area contributed by atoms with E-state index in [-0.39, 0.29) is 24.8 Å². The predicted octanol–water partition coefficient (Wildman–Crippen LogP) is 3.88. The summed E-state index contributed by atoms with van der Waals surface area (Å²) >= 11 is 0. The Labute approximate surface area is 225 Å². The molecule has 0 aliphatic carbocycles. The number of fused-ring (bicyclic) bond motifs is 1. The number of carbonyl (C=O) groups excluding carboxylic acids is 2. The fourth-order valence-corrected chi connectivity index (χ4v) is 4.75. The second-order valence-corrected chi connectivity index (χ2v) is 9.36. The predicted molar refractivity (Wildman–Crippen MR) is 147 cm³/mol. The first-order valence-corrected chi connectivity index (χ1v) is 12.7. The van der Waals surface area contributed by atoms with Crippen LogP contribution in [0.4, 0.5) is 11.4 Å². The Morgan fingerprint density at radius 2 is 1.92 bits per heavy atom. The van der Waals surface area contributed by atoms with Crippen LogP contribution in [0.2, 0.25) is 0 Å². The highest BCUT2D eigenvalue weighted by Gasteiger charge is 2.35. The smallest absolute Gasteiger partial charge is 0.305 e. The minimum atomic E-state index is -1.00. The van der Waals surface area contributed by atoms with Gasteiger partial charge in [0.15, 0.2) is 5.96 Å². The zero-order chi connectivity index (χ0) is 27.4. The standard InChI is InChI=1S/C29H29N5O5/c1-39-23-10-7-18(8-11-23)25(16-26(35)36)34-17-20-6-9-22(15-24(20)28(34)38)32-27(37)19-4-2-5-21(14-19)33-29-30-12-3-13-31-29/h2,4-11,14-15,25H,3,12-13,16-17H2,1H3,(H,32,37)(H,35,36)(H2,30,31,33). The molecule has 2 amide bonds. The van der Waals surface area contributed by atoms with Gasteiger partial charge in [-0.05, 0) is 60.0 Å². The number of nitrogens with one attached hydrogen (secondary N) is 3. The van der Waals surface area contributed by atoms with Crippen LogP contribution in [0.25, 0.3) is 0 Å². The molecule has 0 saturated heterocycles. The van der Waals surface area contributed by atoms with Gasteiger partial charge in [-0.2, -0.15) is 0 Å². The summed E-state index contributed by atoms with van der Waals surface area (Å²) in [6.45, 7) is 1.87. The number of aliphatic imine (C=N–C) groups is 1. The maximum absolute atomic E-state index is 13.4. The third-order valence-electron chi connectivity index (χ3n) is 6.73. The summed E-state index contributed by atoms with van der Waals surface area (Å²) in [5.41, 5.74) is 3.58. The van der Waals surface area contributed by atoms with Crippen molar-refractivity contribution in [3.05, 3.63) is 89.0 Å². The molecule has 39 heavy (non-hydrogen) atoms. The zero-order valence-electron chi connectivity index (χ0n) is 21.4. The molecule has 1 unspecified atom stereocenters. The summed E-state index contributed by atoms with van der Waals surface area (Å²) in [7, 11) is 1.55. The molecule has 1 atom stereocenters. The molecule has 10 nitrogen and oxygen atoms in total. The van der Waals surface area contributed by atoms with Gasteiger partial charge in [-0.15, -0.1) is 0 Å². The Bertz CT molecular complexity index is 1440. The lowest BCUT2D eigenvalue weighted by atomic mass is 10.0. The molecule has 3 aromatic rings. The van der Waals surface area contributed by atoms with Crippen molar-refractivity contribution >= 4 is 35.1 Å². The highest BCUT2D eigenvalue weighted by atomic mass is 16.5. The molecule has 0 bridgehead atoms. The molecular weight excluding hydrogens is 498 g/mol. The first-order valence-electron chi connectivity index (χ1n) is 12.7. The summed E-state index contributed by atoms with van der Waals surface area (Å²) in [5, 5.41) is 18.8. The Hall–Kier alpha value is -4.86. The Morgan fingerprint density at radius 1 is 1.10 bits per heavy atom. The topological polar surface area (TPSA) is 132 Å². The number of anilines is 2. The quantitative estimate of drug-likeness (QED) is 0.350. The Morgan fingerprint density at radius 3 is 2.64 bits per heavy atom. The van der Waals surface area contributed by atoms with Crippen molar-refractivity contribution in [3.63, 3.8) is 0 Å². The SMILES string of the molecule is COc1ccc(C(CC(=O)O)N2Cc3ccc(NC(=O)c4cccc(NC5=NCCCN5)c4)cc3C2=O)cc1. The van der Waals surface area contributed by atoms with Crippen molar-refractivity contribution in [2.45, 2.75) is 25.4 Å². The van der Waals surface area contributed by atoms with Crippen molar-refractivity contribution in [2.75, 3.05) is 30.8 Å². The molecule has 0 spiro atoms. The monoisotopic (exact) mass is 527 g/mol. The highest BCUT2D eigenvalue weighted by Crippen LogP contribution is 2.35. The van der Waals surface area contributed by atoms with Gasteiger partial charge in [-0.1, -0.05) is 24.3 Å². The molecule has 2 aliphatic heterocycles. The number of carboxylic acids is 1. The van der Waals surface area contributed by atoms with Crippen LogP contribution in [0, 0.1) is 0 Å². The second-order valence-electron chi connectivity index (χ2n) is 9.36. The fourth-order valence-electron chi connectivity index (χ4n) is 4.75. The molecule has 0 saturated carbocycles. The Kier molecular flexibility index (Phi) is 7.44. The van der Waals surface area contributed by atoms with E-state index in [4.69, 9.17) is 4.74 Å². The number of carboxylic acid groups (broad SMARTS) is 1. The minimum Gasteiger partial charge on any atom is -0.497 e. The number of ether oxygens (including phenoxy) is 1. The number of methoxy groups -OCH3 is 1. The summed E-state index contributed by atoms with van der Waals surface area (Å²) in [6, 6.07) is 18.7. The molecule has 2 aliphatic rings. The van der Waals surface area contributed by atoms with Crippen molar-refractivity contribution < 1.29 is 24.2 Å². The third-order valence-corrected chi connectivity index (χ3v) is 6.73. The number of hydrogen-bond acceptors (Lipinski definition) is 7. The largest absolute Gasteiger partial charge is 0.497 e. The van der Waals surface area contributed by atoms with E-state index in [1.807, 2.05) is 6.07 Å². The number of guanidine groups is 1. The second kappa shape index (κ2) is 11.3. The van der Waals surface area contributed by atoms with Crippen LogP contribution >= 0.6 is 0 Å². The number of hydrogen-bond donors (Lipinski definition) is 4. The van der Waals surface area contributed by atoms with Gasteiger partial charge in [0, 0.05) is 42.1 Å². The molecule has 3 aromatic carbocycles. The van der Waals surface area contributed by atoms with E-state index in [0.717, 1.165) is 30.8 Å². The van der Waals surface area contributed by atoms with Crippen LogP contribution in [0.15, 0.2) is 71.7 Å². The Balaban J connectivity index is 1.31. The molecule has 0 aromatic heterocycles. The van der Waals surface area contributed by atoms with Gasteiger partial charge < -0.3 is 30.7 Å². The molecular formula is C29H29N5O5. The molecule has 0 radical (unpaired) electrons. The van der Waals surface area contributed by atoms with E-state index < -0.39 is 12.0 Å². The van der Waals surface area contributed by atoms with E-state index in [0.29, 0.717) is 34.1 Å². The van der Waals surface area contributed by atoms with Gasteiger partial charge in [-0.3, -0.25) is 19.4 Å². The normalized spacial score (nSPS) is 15.1. The number of nitrogens with zero attached hydrogens (tertiary/aromatic N) is 2. The van der Waals surface area contributed by atoms with Gasteiger partial charge >= 0.3 is 5.97 Å².